The zero-order chi connectivity index (χ0) is 19.6. The number of nitrogens with zero attached hydrogens (tertiary/aromatic N) is 1. The van der Waals surface area contributed by atoms with Gasteiger partial charge in [0.15, 0.2) is 5.96 Å². The summed E-state index contributed by atoms with van der Waals surface area (Å²) in [5.41, 5.74) is 12.9. The van der Waals surface area contributed by atoms with Gasteiger partial charge in [0, 0.05) is 13.0 Å². The zero-order valence-electron chi connectivity index (χ0n) is 14.2. The highest BCUT2D eigenvalue weighted by Crippen LogP contribution is 2.25. The van der Waals surface area contributed by atoms with Crippen LogP contribution >= 0.6 is 0 Å². The molecule has 1 atom stereocenters. The van der Waals surface area contributed by atoms with Crippen LogP contribution in [0.15, 0.2) is 17.1 Å². The minimum atomic E-state index is -4.92. The average molecular weight is 378 g/mol. The lowest BCUT2D eigenvalue weighted by atomic mass is 10.0. The summed E-state index contributed by atoms with van der Waals surface area (Å²) >= 11 is 0. The number of rotatable bonds is 7. The van der Waals surface area contributed by atoms with Gasteiger partial charge in [-0.25, -0.2) is 8.42 Å². The number of aromatic hydroxyl groups is 1. The molecule has 0 aliphatic carbocycles. The Morgan fingerprint density at radius 3 is 2.24 bits per heavy atom. The number of phenols is 1. The van der Waals surface area contributed by atoms with Crippen LogP contribution < -0.4 is 16.8 Å². The van der Waals surface area contributed by atoms with E-state index in [1.165, 1.54) is 0 Å². The van der Waals surface area contributed by atoms with E-state index >= 15 is 0 Å². The van der Waals surface area contributed by atoms with Crippen molar-refractivity contribution in [3.63, 3.8) is 0 Å². The molecule has 0 fully saturated rings. The van der Waals surface area contributed by atoms with Crippen molar-refractivity contribution in [3.05, 3.63) is 28.8 Å². The molecule has 1 unspecified atom stereocenters. The number of hydrogen-bond donors (Lipinski definition) is 6. The Morgan fingerprint density at radius 1 is 1.32 bits per heavy atom. The molecule has 0 saturated carbocycles. The van der Waals surface area contributed by atoms with E-state index in [1.54, 1.807) is 0 Å². The number of aliphatic imine (C=N–C) groups is 1. The molecule has 9 N–H and O–H groups in total. The van der Waals surface area contributed by atoms with Crippen molar-refractivity contribution in [3.8, 4) is 5.75 Å². The van der Waals surface area contributed by atoms with Gasteiger partial charge in [-0.1, -0.05) is 0 Å². The standard InChI is InChI=1S/C14H24N4O2.H2O4S/c1-9-6-11(7-10(2)13(9)20)12(19)8-17-4-3-5-18-14(15)16;1-5(2,3)4/h6-7,12,17,19-20H,3-5,8H2,1-2H3,(H4,15,16,18);(H2,1,2,3,4). The molecule has 0 radical (unpaired) electrons. The van der Waals surface area contributed by atoms with E-state index in [4.69, 9.17) is 29.0 Å². The van der Waals surface area contributed by atoms with Gasteiger partial charge in [0.1, 0.15) is 18.4 Å². The van der Waals surface area contributed by atoms with E-state index in [1.807, 2.05) is 31.3 Å². The van der Waals surface area contributed by atoms with Gasteiger partial charge in [0.2, 0.25) is 10.4 Å². The van der Waals surface area contributed by atoms with Gasteiger partial charge in [-0.05, 0) is 42.7 Å². The van der Waals surface area contributed by atoms with Crippen molar-refractivity contribution < 1.29 is 33.1 Å². The maximum atomic E-state index is 10.1. The van der Waals surface area contributed by atoms with Crippen LogP contribution in [0.25, 0.3) is 0 Å². The number of nitrogens with two attached hydrogens (primary N) is 3. The monoisotopic (exact) mass is 378 g/mol. The van der Waals surface area contributed by atoms with E-state index in [0.29, 0.717) is 18.8 Å². The molecule has 0 aromatic heterocycles. The summed E-state index contributed by atoms with van der Waals surface area (Å²) in [6.45, 7) is 5.69. The maximum absolute atomic E-state index is 10.1. The van der Waals surface area contributed by atoms with Crippen LogP contribution in [0, 0.1) is 13.8 Å². The Hall–Kier alpha value is -1.92. The van der Waals surface area contributed by atoms with Crippen molar-refractivity contribution in [2.75, 3.05) is 19.6 Å². The molecule has 0 spiro atoms. The lowest BCUT2D eigenvalue weighted by Crippen LogP contribution is -2.85. The molecular weight excluding hydrogens is 352 g/mol. The van der Waals surface area contributed by atoms with E-state index in [-0.39, 0.29) is 5.96 Å². The van der Waals surface area contributed by atoms with Gasteiger partial charge >= 0.3 is 0 Å². The molecule has 0 aliphatic rings. The van der Waals surface area contributed by atoms with Crippen LogP contribution in [0.2, 0.25) is 0 Å². The number of hydrogen-bond acceptors (Lipinski definition) is 6. The minimum Gasteiger partial charge on any atom is -0.726 e. The van der Waals surface area contributed by atoms with E-state index in [0.717, 1.165) is 29.7 Å². The summed E-state index contributed by atoms with van der Waals surface area (Å²) in [6.07, 6.45) is 0.314. The highest BCUT2D eigenvalue weighted by atomic mass is 32.3. The van der Waals surface area contributed by atoms with Crippen LogP contribution in [-0.4, -0.2) is 53.3 Å². The number of guanidine groups is 1. The van der Waals surface area contributed by atoms with Gasteiger partial charge in [-0.15, -0.1) is 0 Å². The fourth-order valence-electron chi connectivity index (χ4n) is 2.04. The molecule has 1 aromatic rings. The quantitative estimate of drug-likeness (QED) is 0.106. The second-order valence-electron chi connectivity index (χ2n) is 5.42. The Morgan fingerprint density at radius 2 is 1.80 bits per heavy atom. The van der Waals surface area contributed by atoms with Gasteiger partial charge in [-0.3, -0.25) is 9.55 Å². The fraction of sp³-hybridized carbons (Fsp3) is 0.500. The van der Waals surface area contributed by atoms with E-state index < -0.39 is 16.5 Å². The predicted octanol–water partition coefficient (Wildman–Crippen LogP) is -1.73. The summed E-state index contributed by atoms with van der Waals surface area (Å²) in [5, 5.41) is 21.9. The van der Waals surface area contributed by atoms with Gasteiger partial charge in [0.25, 0.3) is 0 Å². The molecule has 0 amide bonds. The van der Waals surface area contributed by atoms with Gasteiger partial charge < -0.3 is 31.5 Å². The topological polar surface area (TPSA) is 199 Å². The molecule has 1 rings (SSSR count). The highest BCUT2D eigenvalue weighted by Gasteiger charge is 2.12. The third-order valence-corrected chi connectivity index (χ3v) is 3.15. The predicted molar refractivity (Wildman–Crippen MR) is 91.8 cm³/mol. The summed E-state index contributed by atoms with van der Waals surface area (Å²) in [5.74, 6) is 0.405. The first-order valence-electron chi connectivity index (χ1n) is 7.45. The first-order chi connectivity index (χ1) is 11.4. The number of benzene rings is 1. The minimum absolute atomic E-state index is 0.111. The fourth-order valence-corrected chi connectivity index (χ4v) is 2.04. The van der Waals surface area contributed by atoms with E-state index in [9.17, 15) is 10.2 Å². The molecule has 1 aromatic carbocycles. The SMILES string of the molecule is Cc1cc(C(O)C[NH2+]CCCN=C(N)N)cc(C)c1O.O=S(=O)([O-])O. The molecule has 144 valence electrons. The third kappa shape index (κ3) is 12.1. The number of aliphatic hydroxyl groups excluding tert-OH is 1. The van der Waals surface area contributed by atoms with Crippen molar-refractivity contribution in [1.82, 2.24) is 0 Å². The molecule has 25 heavy (non-hydrogen) atoms. The molecule has 10 nitrogen and oxygen atoms in total. The summed E-state index contributed by atoms with van der Waals surface area (Å²) < 4.78 is 32.8. The Labute approximate surface area is 147 Å². The third-order valence-electron chi connectivity index (χ3n) is 3.15. The number of phenolic OH excluding ortho intramolecular Hbond substituents is 1. The molecule has 0 heterocycles. The Kier molecular flexibility index (Phi) is 10.0. The average Bonchev–Trinajstić information content (AvgIpc) is 2.45. The lowest BCUT2D eigenvalue weighted by Gasteiger charge is -2.13. The van der Waals surface area contributed by atoms with Gasteiger partial charge in [-0.2, -0.15) is 0 Å². The van der Waals surface area contributed by atoms with Crippen LogP contribution in [-0.2, 0) is 10.4 Å². The second-order valence-corrected chi connectivity index (χ2v) is 6.28. The first kappa shape index (κ1) is 23.1. The van der Waals surface area contributed by atoms with Crippen molar-refractivity contribution >= 4 is 16.4 Å². The largest absolute Gasteiger partial charge is 0.726 e. The summed E-state index contributed by atoms with van der Waals surface area (Å²) in [6, 6.07) is 3.64. The second kappa shape index (κ2) is 10.8. The number of quaternary nitrogens is 1. The summed E-state index contributed by atoms with van der Waals surface area (Å²) in [7, 11) is -4.92. The molecule has 0 aliphatic heterocycles. The van der Waals surface area contributed by atoms with Crippen LogP contribution in [0.3, 0.4) is 0 Å². The van der Waals surface area contributed by atoms with Crippen LogP contribution in [0.4, 0.5) is 0 Å². The molecule has 0 bridgehead atoms. The molecule has 11 heteroatoms. The smallest absolute Gasteiger partial charge is 0.215 e. The molecular formula is C14H26N4O6S. The first-order valence-corrected chi connectivity index (χ1v) is 8.81. The highest BCUT2D eigenvalue weighted by molar-refractivity contribution is 7.79. The van der Waals surface area contributed by atoms with Gasteiger partial charge in [0.05, 0.1) is 6.54 Å². The van der Waals surface area contributed by atoms with Crippen molar-refractivity contribution in [2.24, 2.45) is 16.5 Å². The zero-order valence-corrected chi connectivity index (χ0v) is 15.0. The van der Waals surface area contributed by atoms with E-state index in [2.05, 4.69) is 4.99 Å². The normalized spacial score (nSPS) is 12.0. The van der Waals surface area contributed by atoms with Crippen molar-refractivity contribution in [2.45, 2.75) is 26.4 Å². The lowest BCUT2D eigenvalue weighted by molar-refractivity contribution is -0.661. The number of aliphatic hydroxyl groups is 1. The number of aryl methyl sites for hydroxylation is 2. The summed E-state index contributed by atoms with van der Waals surface area (Å²) in [4.78, 5) is 3.89. The molecule has 0 saturated heterocycles. The Balaban J connectivity index is 0.00000101. The maximum Gasteiger partial charge on any atom is 0.215 e. The van der Waals surface area contributed by atoms with Crippen molar-refractivity contribution in [1.29, 1.82) is 0 Å². The van der Waals surface area contributed by atoms with Crippen LogP contribution in [0.1, 0.15) is 29.2 Å². The Bertz CT molecular complexity index is 643. The van der Waals surface area contributed by atoms with Crippen LogP contribution in [0.5, 0.6) is 5.75 Å².